The molecule has 0 radical (unpaired) electrons. The summed E-state index contributed by atoms with van der Waals surface area (Å²) in [4.78, 5) is 7.49. The monoisotopic (exact) mass is 434 g/mol. The Bertz CT molecular complexity index is 398. The van der Waals surface area contributed by atoms with E-state index >= 15 is 0 Å². The van der Waals surface area contributed by atoms with Crippen molar-refractivity contribution in [2.45, 2.75) is 65.0 Å². The molecule has 1 heterocycles. The predicted molar refractivity (Wildman–Crippen MR) is 111 cm³/mol. The molecular weight excluding hydrogens is 399 g/mol. The van der Waals surface area contributed by atoms with Crippen molar-refractivity contribution in [3.8, 4) is 0 Å². The Hall–Kier alpha value is -0.300. The van der Waals surface area contributed by atoms with Gasteiger partial charge in [0.1, 0.15) is 0 Å². The predicted octanol–water partition coefficient (Wildman–Crippen LogP) is 3.39. The van der Waals surface area contributed by atoms with Gasteiger partial charge in [0.15, 0.2) is 5.96 Å². The third-order valence-electron chi connectivity index (χ3n) is 4.83. The van der Waals surface area contributed by atoms with Crippen LogP contribution in [0.5, 0.6) is 0 Å². The summed E-state index contributed by atoms with van der Waals surface area (Å²) in [6.07, 6.45) is 9.41. The van der Waals surface area contributed by atoms with E-state index in [4.69, 9.17) is 4.99 Å². The highest BCUT2D eigenvalue weighted by atomic mass is 127. The van der Waals surface area contributed by atoms with Crippen LogP contribution in [0.2, 0.25) is 0 Å². The molecular formula is C18H35IN4. The van der Waals surface area contributed by atoms with Crippen LogP contribution in [0.4, 0.5) is 0 Å². The van der Waals surface area contributed by atoms with E-state index in [2.05, 4.69) is 55.4 Å². The first-order chi connectivity index (χ1) is 10.5. The van der Waals surface area contributed by atoms with Crippen LogP contribution in [0.1, 0.15) is 53.4 Å². The molecule has 1 saturated heterocycles. The molecule has 0 aromatic carbocycles. The van der Waals surface area contributed by atoms with Gasteiger partial charge in [-0.05, 0) is 58.9 Å². The molecule has 1 fully saturated rings. The molecule has 1 unspecified atom stereocenters. The van der Waals surface area contributed by atoms with Gasteiger partial charge in [-0.2, -0.15) is 0 Å². The van der Waals surface area contributed by atoms with Crippen LogP contribution in [0.3, 0.4) is 0 Å². The number of piperidine rings is 1. The third-order valence-corrected chi connectivity index (χ3v) is 4.83. The van der Waals surface area contributed by atoms with E-state index in [0.717, 1.165) is 37.8 Å². The van der Waals surface area contributed by atoms with Gasteiger partial charge in [0.25, 0.3) is 0 Å². The summed E-state index contributed by atoms with van der Waals surface area (Å²) in [6, 6.07) is 0.510. The van der Waals surface area contributed by atoms with Crippen molar-refractivity contribution in [3.63, 3.8) is 0 Å². The molecule has 0 spiro atoms. The SMILES string of the molecule is CCNC(=NCC(C)(C)N1CCCC(C)C1)NC1CC=CC1.I. The van der Waals surface area contributed by atoms with Crippen molar-refractivity contribution in [2.75, 3.05) is 26.2 Å². The lowest BCUT2D eigenvalue weighted by Gasteiger charge is -2.42. The zero-order valence-corrected chi connectivity index (χ0v) is 17.6. The van der Waals surface area contributed by atoms with E-state index in [1.54, 1.807) is 0 Å². The fourth-order valence-corrected chi connectivity index (χ4v) is 3.36. The van der Waals surface area contributed by atoms with Gasteiger partial charge in [-0.1, -0.05) is 19.1 Å². The minimum absolute atomic E-state index is 0. The third kappa shape index (κ3) is 6.61. The van der Waals surface area contributed by atoms with Crippen molar-refractivity contribution in [1.29, 1.82) is 0 Å². The highest BCUT2D eigenvalue weighted by Crippen LogP contribution is 2.24. The quantitative estimate of drug-likeness (QED) is 0.302. The van der Waals surface area contributed by atoms with E-state index in [-0.39, 0.29) is 29.5 Å². The number of aliphatic imine (C=N–C) groups is 1. The molecule has 134 valence electrons. The summed E-state index contributed by atoms with van der Waals surface area (Å²) in [5.41, 5.74) is 0.130. The molecule has 23 heavy (non-hydrogen) atoms. The van der Waals surface area contributed by atoms with Crippen molar-refractivity contribution in [3.05, 3.63) is 12.2 Å². The topological polar surface area (TPSA) is 39.7 Å². The van der Waals surface area contributed by atoms with Crippen molar-refractivity contribution >= 4 is 29.9 Å². The standard InChI is InChI=1S/C18H34N4.HI/c1-5-19-17(21-16-10-6-7-11-16)20-14-18(3,4)22-12-8-9-15(2)13-22;/h6-7,15-16H,5,8-14H2,1-4H3,(H2,19,20,21);1H. The smallest absolute Gasteiger partial charge is 0.191 e. The molecule has 1 aliphatic heterocycles. The number of rotatable bonds is 5. The summed E-state index contributed by atoms with van der Waals surface area (Å²) >= 11 is 0. The Labute approximate surface area is 159 Å². The number of halogens is 1. The van der Waals surface area contributed by atoms with Gasteiger partial charge >= 0.3 is 0 Å². The molecule has 5 heteroatoms. The zero-order valence-electron chi connectivity index (χ0n) is 15.3. The summed E-state index contributed by atoms with van der Waals surface area (Å²) in [7, 11) is 0. The van der Waals surface area contributed by atoms with E-state index in [9.17, 15) is 0 Å². The minimum Gasteiger partial charge on any atom is -0.357 e. The van der Waals surface area contributed by atoms with E-state index < -0.39 is 0 Å². The summed E-state index contributed by atoms with van der Waals surface area (Å²) < 4.78 is 0. The molecule has 0 amide bonds. The van der Waals surface area contributed by atoms with Crippen LogP contribution in [-0.4, -0.2) is 48.6 Å². The van der Waals surface area contributed by atoms with E-state index in [0.29, 0.717) is 6.04 Å². The number of hydrogen-bond donors (Lipinski definition) is 2. The highest BCUT2D eigenvalue weighted by Gasteiger charge is 2.30. The van der Waals surface area contributed by atoms with E-state index in [1.807, 2.05) is 0 Å². The maximum absolute atomic E-state index is 4.87. The average molecular weight is 434 g/mol. The maximum Gasteiger partial charge on any atom is 0.191 e. The van der Waals surface area contributed by atoms with Crippen molar-refractivity contribution in [1.82, 2.24) is 15.5 Å². The van der Waals surface area contributed by atoms with Crippen LogP contribution in [0, 0.1) is 5.92 Å². The molecule has 2 N–H and O–H groups in total. The number of nitrogens with zero attached hydrogens (tertiary/aromatic N) is 2. The summed E-state index contributed by atoms with van der Waals surface area (Å²) in [5, 5.41) is 6.95. The summed E-state index contributed by atoms with van der Waals surface area (Å²) in [6.45, 7) is 13.3. The first kappa shape index (κ1) is 20.7. The number of hydrogen-bond acceptors (Lipinski definition) is 2. The molecule has 0 bridgehead atoms. The minimum atomic E-state index is 0. The molecule has 0 aromatic heterocycles. The second kappa shape index (κ2) is 9.87. The molecule has 0 saturated carbocycles. The van der Waals surface area contributed by atoms with Gasteiger partial charge in [-0.25, -0.2) is 0 Å². The second-order valence-electron chi connectivity index (χ2n) is 7.49. The average Bonchev–Trinajstić information content (AvgIpc) is 2.98. The largest absolute Gasteiger partial charge is 0.357 e. The van der Waals surface area contributed by atoms with E-state index in [1.165, 1.54) is 25.9 Å². The van der Waals surface area contributed by atoms with Crippen LogP contribution >= 0.6 is 24.0 Å². The number of nitrogens with one attached hydrogen (secondary N) is 2. The van der Waals surface area contributed by atoms with Gasteiger partial charge in [0.05, 0.1) is 6.54 Å². The lowest BCUT2D eigenvalue weighted by Crippen LogP contribution is -2.51. The van der Waals surface area contributed by atoms with Crippen LogP contribution < -0.4 is 10.6 Å². The Morgan fingerprint density at radius 3 is 2.61 bits per heavy atom. The normalized spacial score (nSPS) is 23.7. The number of likely N-dealkylation sites (tertiary alicyclic amines) is 1. The molecule has 1 aliphatic carbocycles. The van der Waals surface area contributed by atoms with Gasteiger partial charge in [0, 0.05) is 24.7 Å². The Balaban J connectivity index is 0.00000264. The second-order valence-corrected chi connectivity index (χ2v) is 7.49. The summed E-state index contributed by atoms with van der Waals surface area (Å²) in [5.74, 6) is 1.78. The van der Waals surface area contributed by atoms with Gasteiger partial charge in [-0.15, -0.1) is 24.0 Å². The maximum atomic E-state index is 4.87. The molecule has 2 aliphatic rings. The number of guanidine groups is 1. The molecule has 2 rings (SSSR count). The fourth-order valence-electron chi connectivity index (χ4n) is 3.36. The Morgan fingerprint density at radius 2 is 2.00 bits per heavy atom. The van der Waals surface area contributed by atoms with Crippen molar-refractivity contribution in [2.24, 2.45) is 10.9 Å². The van der Waals surface area contributed by atoms with Crippen LogP contribution in [0.25, 0.3) is 0 Å². The fraction of sp³-hybridized carbons (Fsp3) is 0.833. The highest BCUT2D eigenvalue weighted by molar-refractivity contribution is 14.0. The van der Waals surface area contributed by atoms with Crippen LogP contribution in [0.15, 0.2) is 17.1 Å². The first-order valence-electron chi connectivity index (χ1n) is 8.96. The van der Waals surface area contributed by atoms with Gasteiger partial charge in [0.2, 0.25) is 0 Å². The lowest BCUT2D eigenvalue weighted by atomic mass is 9.94. The van der Waals surface area contributed by atoms with Crippen LogP contribution in [-0.2, 0) is 0 Å². The van der Waals surface area contributed by atoms with Gasteiger partial charge < -0.3 is 10.6 Å². The van der Waals surface area contributed by atoms with Crippen molar-refractivity contribution < 1.29 is 0 Å². The molecule has 1 atom stereocenters. The Morgan fingerprint density at radius 1 is 1.30 bits per heavy atom. The van der Waals surface area contributed by atoms with Gasteiger partial charge in [-0.3, -0.25) is 9.89 Å². The lowest BCUT2D eigenvalue weighted by molar-refractivity contribution is 0.0774. The molecule has 4 nitrogen and oxygen atoms in total. The molecule has 0 aromatic rings. The first-order valence-corrected chi connectivity index (χ1v) is 8.96. The zero-order chi connectivity index (χ0) is 16.0. The Kier molecular flexibility index (Phi) is 8.90.